The van der Waals surface area contributed by atoms with Gasteiger partial charge in [0.15, 0.2) is 11.5 Å². The van der Waals surface area contributed by atoms with Crippen molar-refractivity contribution in [2.45, 2.75) is 12.8 Å². The summed E-state index contributed by atoms with van der Waals surface area (Å²) >= 11 is 0. The molecule has 0 aliphatic rings. The van der Waals surface area contributed by atoms with E-state index in [4.69, 9.17) is 20.1 Å². The van der Waals surface area contributed by atoms with E-state index in [9.17, 15) is 4.79 Å². The molecule has 0 aliphatic heterocycles. The molecule has 6 heteroatoms. The van der Waals surface area contributed by atoms with Gasteiger partial charge in [-0.25, -0.2) is 5.84 Å². The standard InChI is InChI=1S/C12H18N2O4/c1-7(12(15)14-13)8-5-9(16-2)11(18-4)10(6-8)17-3/h5-7H,13H2,1-4H3,(H,14,15). The minimum absolute atomic E-state index is 0.288. The van der Waals surface area contributed by atoms with Gasteiger partial charge in [-0.2, -0.15) is 0 Å². The maximum absolute atomic E-state index is 11.5. The highest BCUT2D eigenvalue weighted by atomic mass is 16.5. The summed E-state index contributed by atoms with van der Waals surface area (Å²) in [6.07, 6.45) is 0. The molecule has 100 valence electrons. The van der Waals surface area contributed by atoms with Gasteiger partial charge in [0.1, 0.15) is 0 Å². The molecular formula is C12H18N2O4. The number of carbonyl (C=O) groups excluding carboxylic acids is 1. The Labute approximate surface area is 106 Å². The molecule has 0 aliphatic carbocycles. The molecule has 0 saturated heterocycles. The minimum Gasteiger partial charge on any atom is -0.493 e. The van der Waals surface area contributed by atoms with E-state index < -0.39 is 5.92 Å². The fraction of sp³-hybridized carbons (Fsp3) is 0.417. The number of nitrogens with one attached hydrogen (secondary N) is 1. The lowest BCUT2D eigenvalue weighted by molar-refractivity contribution is -0.122. The Balaban J connectivity index is 3.27. The molecule has 1 unspecified atom stereocenters. The van der Waals surface area contributed by atoms with Gasteiger partial charge in [0, 0.05) is 0 Å². The van der Waals surface area contributed by atoms with Crippen LogP contribution in [-0.2, 0) is 4.79 Å². The van der Waals surface area contributed by atoms with Gasteiger partial charge in [-0.1, -0.05) is 0 Å². The lowest BCUT2D eigenvalue weighted by atomic mass is 9.99. The van der Waals surface area contributed by atoms with Gasteiger partial charge in [0.25, 0.3) is 0 Å². The fourth-order valence-corrected chi connectivity index (χ4v) is 1.63. The van der Waals surface area contributed by atoms with Gasteiger partial charge in [0.05, 0.1) is 27.2 Å². The van der Waals surface area contributed by atoms with Crippen molar-refractivity contribution in [3.05, 3.63) is 17.7 Å². The molecule has 0 radical (unpaired) electrons. The highest BCUT2D eigenvalue weighted by molar-refractivity contribution is 5.83. The third-order valence-electron chi connectivity index (χ3n) is 2.72. The van der Waals surface area contributed by atoms with Crippen LogP contribution in [0.5, 0.6) is 17.2 Å². The highest BCUT2D eigenvalue weighted by Gasteiger charge is 2.20. The van der Waals surface area contributed by atoms with Gasteiger partial charge in [0.2, 0.25) is 11.7 Å². The first-order valence-corrected chi connectivity index (χ1v) is 5.39. The van der Waals surface area contributed by atoms with Crippen molar-refractivity contribution in [2.24, 2.45) is 5.84 Å². The summed E-state index contributed by atoms with van der Waals surface area (Å²) in [6.45, 7) is 1.74. The largest absolute Gasteiger partial charge is 0.493 e. The van der Waals surface area contributed by atoms with Crippen LogP contribution < -0.4 is 25.5 Å². The number of amides is 1. The number of ether oxygens (including phenoxy) is 3. The Morgan fingerprint density at radius 1 is 1.17 bits per heavy atom. The third kappa shape index (κ3) is 2.65. The molecule has 0 bridgehead atoms. The van der Waals surface area contributed by atoms with Crippen LogP contribution in [0.4, 0.5) is 0 Å². The maximum atomic E-state index is 11.5. The highest BCUT2D eigenvalue weighted by Crippen LogP contribution is 2.39. The van der Waals surface area contributed by atoms with Crippen molar-refractivity contribution in [1.29, 1.82) is 0 Å². The topological polar surface area (TPSA) is 82.8 Å². The van der Waals surface area contributed by atoms with Crippen LogP contribution >= 0.6 is 0 Å². The Morgan fingerprint density at radius 2 is 1.67 bits per heavy atom. The van der Waals surface area contributed by atoms with Gasteiger partial charge in [-0.3, -0.25) is 10.2 Å². The summed E-state index contributed by atoms with van der Waals surface area (Å²) in [5.41, 5.74) is 2.84. The second kappa shape index (κ2) is 6.11. The number of benzene rings is 1. The Morgan fingerprint density at radius 3 is 2.00 bits per heavy atom. The van der Waals surface area contributed by atoms with E-state index in [1.807, 2.05) is 0 Å². The van der Waals surface area contributed by atoms with Crippen molar-refractivity contribution in [3.63, 3.8) is 0 Å². The summed E-state index contributed by atoms with van der Waals surface area (Å²) in [4.78, 5) is 11.5. The smallest absolute Gasteiger partial charge is 0.241 e. The van der Waals surface area contributed by atoms with E-state index >= 15 is 0 Å². The Bertz CT molecular complexity index is 409. The van der Waals surface area contributed by atoms with E-state index in [0.29, 0.717) is 17.2 Å². The van der Waals surface area contributed by atoms with Gasteiger partial charge >= 0.3 is 0 Å². The van der Waals surface area contributed by atoms with Crippen molar-refractivity contribution in [1.82, 2.24) is 5.43 Å². The first-order valence-electron chi connectivity index (χ1n) is 5.39. The number of hydrogen-bond acceptors (Lipinski definition) is 5. The molecule has 6 nitrogen and oxygen atoms in total. The predicted octanol–water partition coefficient (Wildman–Crippen LogP) is 0.806. The minimum atomic E-state index is -0.413. The lowest BCUT2D eigenvalue weighted by Gasteiger charge is -2.16. The quantitative estimate of drug-likeness (QED) is 0.461. The van der Waals surface area contributed by atoms with E-state index in [-0.39, 0.29) is 5.91 Å². The van der Waals surface area contributed by atoms with Crippen molar-refractivity contribution in [2.75, 3.05) is 21.3 Å². The van der Waals surface area contributed by atoms with Gasteiger partial charge < -0.3 is 14.2 Å². The van der Waals surface area contributed by atoms with Gasteiger partial charge in [-0.15, -0.1) is 0 Å². The molecule has 1 atom stereocenters. The molecule has 0 spiro atoms. The third-order valence-corrected chi connectivity index (χ3v) is 2.72. The average Bonchev–Trinajstić information content (AvgIpc) is 2.43. The first kappa shape index (κ1) is 14.1. The molecule has 0 heterocycles. The fourth-order valence-electron chi connectivity index (χ4n) is 1.63. The number of nitrogens with two attached hydrogens (primary N) is 1. The van der Waals surface area contributed by atoms with Crippen LogP contribution in [-0.4, -0.2) is 27.2 Å². The Kier molecular flexibility index (Phi) is 4.79. The molecule has 18 heavy (non-hydrogen) atoms. The summed E-state index contributed by atoms with van der Waals surface area (Å²) in [5.74, 6) is 5.92. The van der Waals surface area contributed by atoms with Crippen molar-refractivity contribution < 1.29 is 19.0 Å². The zero-order valence-electron chi connectivity index (χ0n) is 10.9. The second-order valence-corrected chi connectivity index (χ2v) is 3.69. The van der Waals surface area contributed by atoms with Gasteiger partial charge in [-0.05, 0) is 24.6 Å². The number of hydrogen-bond donors (Lipinski definition) is 2. The van der Waals surface area contributed by atoms with Crippen molar-refractivity contribution >= 4 is 5.91 Å². The van der Waals surface area contributed by atoms with Crippen LogP contribution in [0.3, 0.4) is 0 Å². The van der Waals surface area contributed by atoms with Crippen LogP contribution in [0.1, 0.15) is 18.4 Å². The summed E-state index contributed by atoms with van der Waals surface area (Å²) in [7, 11) is 4.57. The molecule has 3 N–H and O–H groups in total. The number of hydrazine groups is 1. The van der Waals surface area contributed by atoms with E-state index in [2.05, 4.69) is 5.43 Å². The molecular weight excluding hydrogens is 236 g/mol. The predicted molar refractivity (Wildman–Crippen MR) is 66.8 cm³/mol. The SMILES string of the molecule is COc1cc(C(C)C(=O)NN)cc(OC)c1OC. The molecule has 1 aromatic carbocycles. The van der Waals surface area contributed by atoms with Crippen LogP contribution in [0, 0.1) is 0 Å². The normalized spacial score (nSPS) is 11.6. The number of rotatable bonds is 5. The van der Waals surface area contributed by atoms with E-state index in [1.165, 1.54) is 21.3 Å². The van der Waals surface area contributed by atoms with Crippen LogP contribution in [0.25, 0.3) is 0 Å². The summed E-state index contributed by atoms with van der Waals surface area (Å²) in [6, 6.07) is 3.45. The van der Waals surface area contributed by atoms with Crippen LogP contribution in [0.15, 0.2) is 12.1 Å². The Hall–Kier alpha value is -1.95. The molecule has 1 aromatic rings. The van der Waals surface area contributed by atoms with E-state index in [0.717, 1.165) is 5.56 Å². The zero-order valence-corrected chi connectivity index (χ0v) is 10.9. The average molecular weight is 254 g/mol. The molecule has 1 amide bonds. The first-order chi connectivity index (χ1) is 8.58. The molecule has 1 rings (SSSR count). The monoisotopic (exact) mass is 254 g/mol. The summed E-state index contributed by atoms with van der Waals surface area (Å²) < 4.78 is 15.6. The molecule has 0 saturated carbocycles. The maximum Gasteiger partial charge on any atom is 0.241 e. The molecule has 0 aromatic heterocycles. The number of methoxy groups -OCH3 is 3. The summed E-state index contributed by atoms with van der Waals surface area (Å²) in [5, 5.41) is 0. The molecule has 0 fully saturated rings. The lowest BCUT2D eigenvalue weighted by Crippen LogP contribution is -2.33. The van der Waals surface area contributed by atoms with E-state index in [1.54, 1.807) is 19.1 Å². The van der Waals surface area contributed by atoms with Crippen LogP contribution in [0.2, 0.25) is 0 Å². The second-order valence-electron chi connectivity index (χ2n) is 3.69. The zero-order chi connectivity index (χ0) is 13.7. The van der Waals surface area contributed by atoms with Crippen molar-refractivity contribution in [3.8, 4) is 17.2 Å². The number of carbonyl (C=O) groups is 1.